The fourth-order valence-corrected chi connectivity index (χ4v) is 3.46. The lowest BCUT2D eigenvalue weighted by Crippen LogP contribution is -2.46. The number of amides is 3. The third kappa shape index (κ3) is 4.17. The van der Waals surface area contributed by atoms with Crippen molar-refractivity contribution in [2.45, 2.75) is 26.8 Å². The molecular weight excluding hydrogens is 352 g/mol. The average Bonchev–Trinajstić information content (AvgIpc) is 2.60. The molecule has 0 radical (unpaired) electrons. The molecule has 2 aromatic carbocycles. The van der Waals surface area contributed by atoms with Crippen LogP contribution in [0.15, 0.2) is 53.7 Å². The summed E-state index contributed by atoms with van der Waals surface area (Å²) in [5, 5.41) is 8.55. The van der Waals surface area contributed by atoms with Crippen molar-refractivity contribution in [3.63, 3.8) is 0 Å². The average molecular weight is 378 g/mol. The first-order valence-corrected chi connectivity index (χ1v) is 9.20. The number of nitrogens with zero attached hydrogens (tertiary/aromatic N) is 1. The third-order valence-corrected chi connectivity index (χ3v) is 4.74. The predicted molar refractivity (Wildman–Crippen MR) is 112 cm³/mol. The van der Waals surface area contributed by atoms with Crippen LogP contribution in [0.4, 0.5) is 16.2 Å². The second-order valence-corrected chi connectivity index (χ2v) is 7.39. The van der Waals surface area contributed by atoms with Crippen LogP contribution in [0.25, 0.3) is 0 Å². The zero-order valence-corrected chi connectivity index (χ0v) is 16.9. The smallest absolute Gasteiger partial charge is 0.319 e. The van der Waals surface area contributed by atoms with Gasteiger partial charge in [0.05, 0.1) is 11.6 Å². The zero-order chi connectivity index (χ0) is 20.4. The van der Waals surface area contributed by atoms with E-state index in [9.17, 15) is 9.59 Å². The molecule has 28 heavy (non-hydrogen) atoms. The van der Waals surface area contributed by atoms with E-state index in [1.807, 2.05) is 69.2 Å². The molecule has 6 nitrogen and oxygen atoms in total. The van der Waals surface area contributed by atoms with Crippen LogP contribution in [0.1, 0.15) is 29.7 Å². The molecule has 1 aliphatic heterocycles. The molecule has 0 fully saturated rings. The van der Waals surface area contributed by atoms with E-state index in [0.717, 1.165) is 28.1 Å². The van der Waals surface area contributed by atoms with Crippen molar-refractivity contribution in [2.24, 2.45) is 0 Å². The van der Waals surface area contributed by atoms with Crippen LogP contribution in [-0.2, 0) is 4.79 Å². The van der Waals surface area contributed by atoms with Gasteiger partial charge in [-0.15, -0.1) is 0 Å². The van der Waals surface area contributed by atoms with Gasteiger partial charge in [0.2, 0.25) is 0 Å². The van der Waals surface area contributed by atoms with Crippen LogP contribution < -0.4 is 20.9 Å². The number of carbonyl (C=O) groups is 2. The number of rotatable bonds is 4. The number of benzene rings is 2. The van der Waals surface area contributed by atoms with E-state index in [1.54, 1.807) is 6.92 Å². The fraction of sp³-hybridized carbons (Fsp3) is 0.273. The second kappa shape index (κ2) is 7.76. The van der Waals surface area contributed by atoms with Crippen LogP contribution >= 0.6 is 0 Å². The molecule has 0 aromatic heterocycles. The highest BCUT2D eigenvalue weighted by Gasteiger charge is 2.31. The topological polar surface area (TPSA) is 73.5 Å². The first kappa shape index (κ1) is 19.5. The summed E-state index contributed by atoms with van der Waals surface area (Å²) in [5.74, 6) is -0.239. The maximum atomic E-state index is 13.1. The molecule has 3 rings (SSSR count). The molecule has 0 aliphatic carbocycles. The van der Waals surface area contributed by atoms with Crippen molar-refractivity contribution >= 4 is 23.3 Å². The summed E-state index contributed by atoms with van der Waals surface area (Å²) in [5.41, 5.74) is 5.83. The molecule has 0 bridgehead atoms. The van der Waals surface area contributed by atoms with Gasteiger partial charge in [-0.25, -0.2) is 4.79 Å². The van der Waals surface area contributed by atoms with Gasteiger partial charge in [-0.3, -0.25) is 4.79 Å². The molecule has 3 N–H and O–H groups in total. The van der Waals surface area contributed by atoms with Crippen LogP contribution in [-0.4, -0.2) is 26.0 Å². The van der Waals surface area contributed by atoms with Gasteiger partial charge >= 0.3 is 6.03 Å². The number of nitrogens with one attached hydrogen (secondary N) is 3. The number of carbonyl (C=O) groups excluding carboxylic acids is 2. The Morgan fingerprint density at radius 3 is 2.18 bits per heavy atom. The maximum absolute atomic E-state index is 13.1. The van der Waals surface area contributed by atoms with E-state index in [-0.39, 0.29) is 11.9 Å². The normalized spacial score (nSPS) is 16.3. The molecule has 1 aliphatic rings. The van der Waals surface area contributed by atoms with Gasteiger partial charge in [0.1, 0.15) is 0 Å². The number of hydrogen-bond acceptors (Lipinski definition) is 3. The van der Waals surface area contributed by atoms with Crippen molar-refractivity contribution < 1.29 is 9.59 Å². The van der Waals surface area contributed by atoms with Crippen molar-refractivity contribution in [3.8, 4) is 0 Å². The Bertz CT molecular complexity index is 925. The van der Waals surface area contributed by atoms with Crippen LogP contribution in [0, 0.1) is 13.8 Å². The predicted octanol–water partition coefficient (Wildman–Crippen LogP) is 3.64. The summed E-state index contributed by atoms with van der Waals surface area (Å²) in [4.78, 5) is 27.1. The number of urea groups is 1. The van der Waals surface area contributed by atoms with Crippen molar-refractivity contribution in [1.29, 1.82) is 0 Å². The van der Waals surface area contributed by atoms with Crippen LogP contribution in [0.3, 0.4) is 0 Å². The highest BCUT2D eigenvalue weighted by Crippen LogP contribution is 2.29. The molecule has 146 valence electrons. The number of hydrogen-bond donors (Lipinski definition) is 3. The van der Waals surface area contributed by atoms with E-state index in [1.165, 1.54) is 0 Å². The van der Waals surface area contributed by atoms with Gasteiger partial charge in [0.15, 0.2) is 0 Å². The van der Waals surface area contributed by atoms with E-state index in [2.05, 4.69) is 22.0 Å². The zero-order valence-electron chi connectivity index (χ0n) is 16.9. The van der Waals surface area contributed by atoms with Gasteiger partial charge in [-0.1, -0.05) is 18.2 Å². The summed E-state index contributed by atoms with van der Waals surface area (Å²) >= 11 is 0. The van der Waals surface area contributed by atoms with E-state index < -0.39 is 6.04 Å². The molecule has 0 saturated carbocycles. The quantitative estimate of drug-likeness (QED) is 0.761. The Hall–Kier alpha value is -3.28. The summed E-state index contributed by atoms with van der Waals surface area (Å²) in [6.07, 6.45) is 0. The van der Waals surface area contributed by atoms with Crippen LogP contribution in [0.2, 0.25) is 0 Å². The first-order valence-electron chi connectivity index (χ1n) is 9.20. The van der Waals surface area contributed by atoms with Gasteiger partial charge < -0.3 is 20.9 Å². The molecule has 1 atom stereocenters. The van der Waals surface area contributed by atoms with Gasteiger partial charge in [-0.2, -0.15) is 0 Å². The summed E-state index contributed by atoms with van der Waals surface area (Å²) in [7, 11) is 3.93. The standard InChI is InChI=1S/C22H26N4O2/c1-13-10-14(2)12-17(11-13)24-21(27)19-15(3)23-22(28)25-20(19)16-6-8-18(9-7-16)26(4)5/h6-12,20H,1-5H3,(H,24,27)(H2,23,25,28)/t20-/m0/s1. The van der Waals surface area contributed by atoms with Crippen molar-refractivity contribution in [3.05, 3.63) is 70.4 Å². The lowest BCUT2D eigenvalue weighted by atomic mass is 9.94. The highest BCUT2D eigenvalue weighted by molar-refractivity contribution is 6.06. The van der Waals surface area contributed by atoms with Crippen LogP contribution in [0.5, 0.6) is 0 Å². The third-order valence-electron chi connectivity index (χ3n) is 4.74. The molecule has 6 heteroatoms. The largest absolute Gasteiger partial charge is 0.378 e. The minimum atomic E-state index is -0.518. The first-order chi connectivity index (χ1) is 13.2. The summed E-state index contributed by atoms with van der Waals surface area (Å²) in [6, 6.07) is 12.9. The van der Waals surface area contributed by atoms with Crippen molar-refractivity contribution in [2.75, 3.05) is 24.3 Å². The fourth-order valence-electron chi connectivity index (χ4n) is 3.46. The summed E-state index contributed by atoms with van der Waals surface area (Å²) < 4.78 is 0. The van der Waals surface area contributed by atoms with Gasteiger partial charge in [-0.05, 0) is 61.7 Å². The maximum Gasteiger partial charge on any atom is 0.319 e. The molecule has 0 unspecified atom stereocenters. The molecule has 0 saturated heterocycles. The Labute approximate surface area is 165 Å². The number of aryl methyl sites for hydroxylation is 2. The number of allylic oxidation sites excluding steroid dienone is 1. The minimum Gasteiger partial charge on any atom is -0.378 e. The molecular formula is C22H26N4O2. The molecule has 1 heterocycles. The van der Waals surface area contributed by atoms with E-state index >= 15 is 0 Å². The number of anilines is 2. The summed E-state index contributed by atoms with van der Waals surface area (Å²) in [6.45, 7) is 5.73. The molecule has 0 spiro atoms. The Morgan fingerprint density at radius 1 is 1.00 bits per heavy atom. The lowest BCUT2D eigenvalue weighted by molar-refractivity contribution is -0.113. The minimum absolute atomic E-state index is 0.239. The second-order valence-electron chi connectivity index (χ2n) is 7.39. The van der Waals surface area contributed by atoms with E-state index in [4.69, 9.17) is 0 Å². The Morgan fingerprint density at radius 2 is 1.61 bits per heavy atom. The van der Waals surface area contributed by atoms with Gasteiger partial charge in [0.25, 0.3) is 5.91 Å². The highest BCUT2D eigenvalue weighted by atomic mass is 16.2. The Kier molecular flexibility index (Phi) is 5.40. The monoisotopic (exact) mass is 378 g/mol. The van der Waals surface area contributed by atoms with E-state index in [0.29, 0.717) is 11.3 Å². The Balaban J connectivity index is 1.93. The van der Waals surface area contributed by atoms with Crippen molar-refractivity contribution in [1.82, 2.24) is 10.6 Å². The van der Waals surface area contributed by atoms with Gasteiger partial charge in [0, 0.05) is 31.2 Å². The lowest BCUT2D eigenvalue weighted by Gasteiger charge is -2.29. The molecule has 2 aromatic rings. The SMILES string of the molecule is CC1=C(C(=O)Nc2cc(C)cc(C)c2)[C@H](c2ccc(N(C)C)cc2)NC(=O)N1. The molecule has 3 amide bonds.